The Hall–Kier alpha value is -3.96. The summed E-state index contributed by atoms with van der Waals surface area (Å²) in [5, 5.41) is 29.6. The molecule has 11 heteroatoms. The summed E-state index contributed by atoms with van der Waals surface area (Å²) in [6, 6.07) is 12.5. The zero-order valence-corrected chi connectivity index (χ0v) is 22.5. The SMILES string of the molecule is CC(C)CC(O)NC(=O)C(Cc1ccccc1)NC(=O)CNC(=O)C(C)NC(=O)C(N)Cc1ccc(O)cc1. The molecule has 0 aliphatic heterocycles. The molecular weight excluding hydrogens is 502 g/mol. The lowest BCUT2D eigenvalue weighted by Crippen LogP contribution is -2.54. The van der Waals surface area contributed by atoms with E-state index in [1.807, 2.05) is 44.2 Å². The van der Waals surface area contributed by atoms with Gasteiger partial charge in [-0.2, -0.15) is 0 Å². The fourth-order valence-electron chi connectivity index (χ4n) is 3.76. The fourth-order valence-corrected chi connectivity index (χ4v) is 3.76. The lowest BCUT2D eigenvalue weighted by atomic mass is 10.0. The molecule has 0 aliphatic carbocycles. The smallest absolute Gasteiger partial charge is 0.244 e. The molecule has 0 heterocycles. The van der Waals surface area contributed by atoms with Crippen molar-refractivity contribution in [3.63, 3.8) is 0 Å². The van der Waals surface area contributed by atoms with E-state index in [0.29, 0.717) is 6.42 Å². The van der Waals surface area contributed by atoms with Crippen LogP contribution in [0.4, 0.5) is 0 Å². The maximum atomic E-state index is 12.8. The van der Waals surface area contributed by atoms with Crippen molar-refractivity contribution in [2.75, 3.05) is 6.54 Å². The summed E-state index contributed by atoms with van der Waals surface area (Å²) in [4.78, 5) is 50.3. The minimum Gasteiger partial charge on any atom is -0.508 e. The number of hydrogen-bond acceptors (Lipinski definition) is 7. The summed E-state index contributed by atoms with van der Waals surface area (Å²) in [6.45, 7) is 4.86. The molecule has 2 aromatic rings. The van der Waals surface area contributed by atoms with Gasteiger partial charge in [-0.05, 0) is 48.9 Å². The quantitative estimate of drug-likeness (QED) is 0.165. The molecule has 4 amide bonds. The maximum absolute atomic E-state index is 12.8. The number of rotatable bonds is 14. The highest BCUT2D eigenvalue weighted by atomic mass is 16.3. The van der Waals surface area contributed by atoms with Crippen LogP contribution in [0.25, 0.3) is 0 Å². The van der Waals surface area contributed by atoms with E-state index in [1.54, 1.807) is 12.1 Å². The van der Waals surface area contributed by atoms with Crippen LogP contribution in [0.2, 0.25) is 0 Å². The molecule has 0 bridgehead atoms. The number of aliphatic hydroxyl groups excluding tert-OH is 1. The third kappa shape index (κ3) is 11.5. The highest BCUT2D eigenvalue weighted by Gasteiger charge is 2.25. The number of aromatic hydroxyl groups is 1. The Labute approximate surface area is 228 Å². The van der Waals surface area contributed by atoms with Crippen LogP contribution in [0.1, 0.15) is 38.3 Å². The monoisotopic (exact) mass is 541 g/mol. The Kier molecular flexibility index (Phi) is 12.4. The average Bonchev–Trinajstić information content (AvgIpc) is 2.88. The minimum absolute atomic E-state index is 0.0989. The van der Waals surface area contributed by atoms with E-state index in [1.165, 1.54) is 19.1 Å². The van der Waals surface area contributed by atoms with Crippen LogP contribution in [0.15, 0.2) is 54.6 Å². The predicted octanol–water partition coefficient (Wildman–Crippen LogP) is 0.0911. The van der Waals surface area contributed by atoms with Gasteiger partial charge >= 0.3 is 0 Å². The third-order valence-corrected chi connectivity index (χ3v) is 5.84. The predicted molar refractivity (Wildman–Crippen MR) is 146 cm³/mol. The first-order chi connectivity index (χ1) is 18.4. The van der Waals surface area contributed by atoms with Crippen LogP contribution in [-0.4, -0.2) is 64.7 Å². The molecule has 4 unspecified atom stereocenters. The second-order valence-electron chi connectivity index (χ2n) is 9.89. The average molecular weight is 542 g/mol. The van der Waals surface area contributed by atoms with Crippen LogP contribution >= 0.6 is 0 Å². The molecule has 39 heavy (non-hydrogen) atoms. The molecule has 0 fully saturated rings. The van der Waals surface area contributed by atoms with Crippen molar-refractivity contribution in [3.8, 4) is 5.75 Å². The van der Waals surface area contributed by atoms with E-state index < -0.39 is 54.5 Å². The molecular formula is C28H39N5O6. The van der Waals surface area contributed by atoms with Crippen molar-refractivity contribution in [3.05, 3.63) is 65.7 Å². The van der Waals surface area contributed by atoms with Gasteiger partial charge in [0.1, 0.15) is 24.1 Å². The molecule has 8 N–H and O–H groups in total. The molecule has 0 aliphatic rings. The van der Waals surface area contributed by atoms with E-state index in [-0.39, 0.29) is 24.5 Å². The van der Waals surface area contributed by atoms with E-state index in [2.05, 4.69) is 21.3 Å². The number of nitrogens with two attached hydrogens (primary N) is 1. The first kappa shape index (κ1) is 31.3. The molecule has 0 aromatic heterocycles. The number of benzene rings is 2. The van der Waals surface area contributed by atoms with E-state index >= 15 is 0 Å². The molecule has 4 atom stereocenters. The van der Waals surface area contributed by atoms with Crippen molar-refractivity contribution in [2.45, 2.75) is 64.4 Å². The van der Waals surface area contributed by atoms with Crippen molar-refractivity contribution < 1.29 is 29.4 Å². The van der Waals surface area contributed by atoms with Crippen LogP contribution in [0, 0.1) is 5.92 Å². The Morgan fingerprint density at radius 2 is 1.41 bits per heavy atom. The zero-order chi connectivity index (χ0) is 28.9. The minimum atomic E-state index is -1.06. The van der Waals surface area contributed by atoms with Gasteiger partial charge in [0.15, 0.2) is 0 Å². The van der Waals surface area contributed by atoms with E-state index in [0.717, 1.165) is 11.1 Å². The molecule has 2 rings (SSSR count). The van der Waals surface area contributed by atoms with E-state index in [4.69, 9.17) is 5.73 Å². The first-order valence-corrected chi connectivity index (χ1v) is 12.9. The third-order valence-electron chi connectivity index (χ3n) is 5.84. The topological polar surface area (TPSA) is 183 Å². The lowest BCUT2D eigenvalue weighted by Gasteiger charge is -2.22. The molecule has 0 saturated carbocycles. The summed E-state index contributed by atoms with van der Waals surface area (Å²) in [5.74, 6) is -2.05. The fraction of sp³-hybridized carbons (Fsp3) is 0.429. The van der Waals surface area contributed by atoms with Crippen molar-refractivity contribution in [1.82, 2.24) is 21.3 Å². The number of carbonyl (C=O) groups excluding carboxylic acids is 4. The number of amides is 4. The van der Waals surface area contributed by atoms with Gasteiger partial charge < -0.3 is 37.2 Å². The lowest BCUT2D eigenvalue weighted by molar-refractivity contribution is -0.132. The maximum Gasteiger partial charge on any atom is 0.244 e. The van der Waals surface area contributed by atoms with Gasteiger partial charge in [-0.3, -0.25) is 19.2 Å². The number of aliphatic hydroxyl groups is 1. The van der Waals surface area contributed by atoms with Crippen molar-refractivity contribution in [1.29, 1.82) is 0 Å². The second-order valence-corrected chi connectivity index (χ2v) is 9.89. The molecule has 0 saturated heterocycles. The Bertz CT molecular complexity index is 1090. The Morgan fingerprint density at radius 1 is 0.795 bits per heavy atom. The summed E-state index contributed by atoms with van der Waals surface area (Å²) >= 11 is 0. The Morgan fingerprint density at radius 3 is 2.03 bits per heavy atom. The molecule has 0 spiro atoms. The molecule has 0 radical (unpaired) electrons. The number of carbonyl (C=O) groups is 4. The molecule has 11 nitrogen and oxygen atoms in total. The van der Waals surface area contributed by atoms with Gasteiger partial charge in [-0.15, -0.1) is 0 Å². The van der Waals surface area contributed by atoms with Gasteiger partial charge in [0, 0.05) is 6.42 Å². The highest BCUT2D eigenvalue weighted by molar-refractivity contribution is 5.93. The Balaban J connectivity index is 1.88. The zero-order valence-electron chi connectivity index (χ0n) is 22.5. The van der Waals surface area contributed by atoms with Gasteiger partial charge in [0.25, 0.3) is 0 Å². The number of hydrogen-bond donors (Lipinski definition) is 7. The molecule has 212 valence electrons. The summed E-state index contributed by atoms with van der Waals surface area (Å²) in [6.07, 6.45) is -0.306. The number of phenolic OH excluding ortho intramolecular Hbond substituents is 1. The van der Waals surface area contributed by atoms with Crippen LogP contribution in [-0.2, 0) is 32.0 Å². The summed E-state index contributed by atoms with van der Waals surface area (Å²) < 4.78 is 0. The number of phenols is 1. The van der Waals surface area contributed by atoms with Gasteiger partial charge in [0.05, 0.1) is 12.6 Å². The van der Waals surface area contributed by atoms with Gasteiger partial charge in [-0.25, -0.2) is 0 Å². The van der Waals surface area contributed by atoms with Crippen LogP contribution in [0.3, 0.4) is 0 Å². The number of nitrogens with one attached hydrogen (secondary N) is 4. The summed E-state index contributed by atoms with van der Waals surface area (Å²) in [7, 11) is 0. The van der Waals surface area contributed by atoms with Gasteiger partial charge in [-0.1, -0.05) is 56.3 Å². The van der Waals surface area contributed by atoms with Crippen molar-refractivity contribution >= 4 is 23.6 Å². The highest BCUT2D eigenvalue weighted by Crippen LogP contribution is 2.11. The van der Waals surface area contributed by atoms with Gasteiger partial charge in [0.2, 0.25) is 23.6 Å². The molecule has 2 aromatic carbocycles. The van der Waals surface area contributed by atoms with Crippen LogP contribution in [0.5, 0.6) is 5.75 Å². The van der Waals surface area contributed by atoms with E-state index in [9.17, 15) is 29.4 Å². The normalized spacial score (nSPS) is 14.0. The first-order valence-electron chi connectivity index (χ1n) is 12.9. The standard InChI is InChI=1S/C28H39N5O6/c1-17(2)13-24(35)33-28(39)23(15-19-7-5-4-6-8-19)32-25(36)16-30-26(37)18(3)31-27(38)22(29)14-20-9-11-21(34)12-10-20/h4-12,17-18,22-24,34-35H,13-16,29H2,1-3H3,(H,30,37)(H,31,38)(H,32,36)(H,33,39). The summed E-state index contributed by atoms with van der Waals surface area (Å²) in [5.41, 5.74) is 7.49. The second kappa shape index (κ2) is 15.5. The van der Waals surface area contributed by atoms with Crippen molar-refractivity contribution in [2.24, 2.45) is 11.7 Å². The van der Waals surface area contributed by atoms with Crippen LogP contribution < -0.4 is 27.0 Å². The largest absolute Gasteiger partial charge is 0.508 e.